The Morgan fingerprint density at radius 2 is 2.32 bits per heavy atom. The third-order valence-electron chi connectivity index (χ3n) is 3.63. The normalized spacial score (nSPS) is 21.2. The van der Waals surface area contributed by atoms with Crippen LogP contribution in [0.1, 0.15) is 29.1 Å². The van der Waals surface area contributed by atoms with Crippen LogP contribution in [0.4, 0.5) is 0 Å². The van der Waals surface area contributed by atoms with Crippen LogP contribution < -0.4 is 5.32 Å². The Kier molecular flexibility index (Phi) is 5.07. The summed E-state index contributed by atoms with van der Waals surface area (Å²) in [6.45, 7) is 0.889. The highest BCUT2D eigenvalue weighted by molar-refractivity contribution is 9.10. The molecule has 1 saturated heterocycles. The van der Waals surface area contributed by atoms with E-state index in [9.17, 15) is 0 Å². The number of aliphatic hydroxyl groups excluding tert-OH is 1. The van der Waals surface area contributed by atoms with Crippen LogP contribution in [0.3, 0.4) is 0 Å². The molecule has 1 fully saturated rings. The molecule has 0 bridgehead atoms. The van der Waals surface area contributed by atoms with Gasteiger partial charge in [-0.05, 0) is 52.8 Å². The molecule has 0 amide bonds. The van der Waals surface area contributed by atoms with Gasteiger partial charge < -0.3 is 15.3 Å². The Morgan fingerprint density at radius 3 is 2.95 bits per heavy atom. The van der Waals surface area contributed by atoms with Crippen LogP contribution in [0, 0.1) is 0 Å². The maximum Gasteiger partial charge on any atom is 0.170 e. The molecule has 3 rings (SSSR count). The molecule has 0 saturated carbocycles. The van der Waals surface area contributed by atoms with E-state index in [-0.39, 0.29) is 18.7 Å². The predicted molar refractivity (Wildman–Crippen MR) is 95.9 cm³/mol. The molecule has 0 aromatic carbocycles. The topological polar surface area (TPSA) is 48.4 Å². The number of halogens is 1. The van der Waals surface area contributed by atoms with Gasteiger partial charge in [-0.15, -0.1) is 11.3 Å². The van der Waals surface area contributed by atoms with Gasteiger partial charge in [-0.1, -0.05) is 6.07 Å². The van der Waals surface area contributed by atoms with Crippen molar-refractivity contribution >= 4 is 44.6 Å². The number of pyridine rings is 1. The standard InChI is InChI=1S/C15H16BrN3OS2/c16-10-8-12(22-9-10)14-13(11-4-1-2-5-17-11)18-15(21)19(14)6-3-7-20/h1-2,4-5,8-9,13-14,20H,3,6-7H2,(H,18,21)/t13-,14-/m0/s1. The van der Waals surface area contributed by atoms with E-state index >= 15 is 0 Å². The van der Waals surface area contributed by atoms with Crippen molar-refractivity contribution in [2.24, 2.45) is 0 Å². The zero-order valence-electron chi connectivity index (χ0n) is 11.8. The van der Waals surface area contributed by atoms with Crippen LogP contribution in [0.2, 0.25) is 0 Å². The van der Waals surface area contributed by atoms with E-state index in [1.54, 1.807) is 17.5 Å². The third-order valence-corrected chi connectivity index (χ3v) is 5.75. The summed E-state index contributed by atoms with van der Waals surface area (Å²) >= 11 is 10.7. The number of rotatable bonds is 5. The van der Waals surface area contributed by atoms with Gasteiger partial charge >= 0.3 is 0 Å². The zero-order chi connectivity index (χ0) is 15.5. The molecule has 7 heteroatoms. The largest absolute Gasteiger partial charge is 0.396 e. The number of hydrogen-bond acceptors (Lipinski definition) is 4. The molecule has 2 atom stereocenters. The van der Waals surface area contributed by atoms with Gasteiger partial charge in [0.25, 0.3) is 0 Å². The molecule has 2 aromatic rings. The number of nitrogens with zero attached hydrogens (tertiary/aromatic N) is 2. The van der Waals surface area contributed by atoms with E-state index in [4.69, 9.17) is 17.3 Å². The lowest BCUT2D eigenvalue weighted by atomic mass is 10.0. The first-order valence-corrected chi connectivity index (χ1v) is 9.11. The number of aromatic nitrogens is 1. The molecule has 0 spiro atoms. The fraction of sp³-hybridized carbons (Fsp3) is 0.333. The van der Waals surface area contributed by atoms with Gasteiger partial charge in [0.2, 0.25) is 0 Å². The maximum atomic E-state index is 9.15. The highest BCUT2D eigenvalue weighted by Gasteiger charge is 2.40. The molecule has 2 N–H and O–H groups in total. The van der Waals surface area contributed by atoms with Crippen LogP contribution in [0.25, 0.3) is 0 Å². The zero-order valence-corrected chi connectivity index (χ0v) is 15.0. The molecule has 116 valence electrons. The van der Waals surface area contributed by atoms with Crippen LogP contribution in [0.15, 0.2) is 40.3 Å². The van der Waals surface area contributed by atoms with E-state index in [2.05, 4.69) is 42.6 Å². The maximum absolute atomic E-state index is 9.15. The number of thiophene rings is 1. The Bertz CT molecular complexity index is 649. The predicted octanol–water partition coefficient (Wildman–Crippen LogP) is 3.26. The second-order valence-corrected chi connectivity index (χ2v) is 7.31. The Balaban J connectivity index is 1.96. The van der Waals surface area contributed by atoms with Gasteiger partial charge in [-0.3, -0.25) is 4.98 Å². The van der Waals surface area contributed by atoms with Crippen molar-refractivity contribution in [2.75, 3.05) is 13.2 Å². The summed E-state index contributed by atoms with van der Waals surface area (Å²) in [5.74, 6) is 0. The SMILES string of the molecule is OCCCN1C(=S)N[C@@H](c2ccccn2)[C@@H]1c1cc(Br)cs1. The first-order chi connectivity index (χ1) is 10.7. The Labute approximate surface area is 147 Å². The molecule has 2 aromatic heterocycles. The number of nitrogens with one attached hydrogen (secondary N) is 1. The molecule has 3 heterocycles. The van der Waals surface area contributed by atoms with E-state index in [1.165, 1.54) is 4.88 Å². The first kappa shape index (κ1) is 15.9. The fourth-order valence-electron chi connectivity index (χ4n) is 2.68. The van der Waals surface area contributed by atoms with Crippen molar-refractivity contribution in [3.05, 3.63) is 50.9 Å². The van der Waals surface area contributed by atoms with Gasteiger partial charge in [0, 0.05) is 34.1 Å². The lowest BCUT2D eigenvalue weighted by Crippen LogP contribution is -2.30. The molecule has 1 aliphatic rings. The smallest absolute Gasteiger partial charge is 0.170 e. The number of hydrogen-bond donors (Lipinski definition) is 2. The highest BCUT2D eigenvalue weighted by Crippen LogP contribution is 2.41. The average molecular weight is 398 g/mol. The van der Waals surface area contributed by atoms with Gasteiger partial charge in [0.15, 0.2) is 5.11 Å². The third kappa shape index (κ3) is 3.17. The summed E-state index contributed by atoms with van der Waals surface area (Å²) in [7, 11) is 0. The van der Waals surface area contributed by atoms with Crippen LogP contribution >= 0.6 is 39.5 Å². The van der Waals surface area contributed by atoms with Crippen LogP contribution in [0.5, 0.6) is 0 Å². The summed E-state index contributed by atoms with van der Waals surface area (Å²) in [6, 6.07) is 8.18. The highest BCUT2D eigenvalue weighted by atomic mass is 79.9. The quantitative estimate of drug-likeness (QED) is 0.758. The Morgan fingerprint density at radius 1 is 1.45 bits per heavy atom. The minimum atomic E-state index is 0.0259. The van der Waals surface area contributed by atoms with Gasteiger partial charge in [0.1, 0.15) is 0 Å². The number of thiocarbonyl (C=S) groups is 1. The molecule has 0 radical (unpaired) electrons. The molecular formula is C15H16BrN3OS2. The van der Waals surface area contributed by atoms with E-state index < -0.39 is 0 Å². The van der Waals surface area contributed by atoms with Crippen molar-refractivity contribution in [2.45, 2.75) is 18.5 Å². The van der Waals surface area contributed by atoms with E-state index in [0.717, 1.165) is 21.8 Å². The molecule has 4 nitrogen and oxygen atoms in total. The van der Waals surface area contributed by atoms with Crippen molar-refractivity contribution in [1.29, 1.82) is 0 Å². The van der Waals surface area contributed by atoms with Crippen LogP contribution in [-0.4, -0.2) is 33.3 Å². The van der Waals surface area contributed by atoms with Crippen molar-refractivity contribution in [3.8, 4) is 0 Å². The first-order valence-electron chi connectivity index (χ1n) is 7.03. The summed E-state index contributed by atoms with van der Waals surface area (Å²) < 4.78 is 1.08. The second-order valence-electron chi connectivity index (χ2n) is 5.06. The molecule has 22 heavy (non-hydrogen) atoms. The fourth-order valence-corrected chi connectivity index (χ4v) is 4.60. The van der Waals surface area contributed by atoms with Crippen molar-refractivity contribution < 1.29 is 5.11 Å². The molecule has 0 aliphatic carbocycles. The summed E-state index contributed by atoms with van der Waals surface area (Å²) in [5.41, 5.74) is 0.978. The van der Waals surface area contributed by atoms with Crippen molar-refractivity contribution in [1.82, 2.24) is 15.2 Å². The minimum absolute atomic E-state index is 0.0259. The summed E-state index contributed by atoms with van der Waals surface area (Å²) in [6.07, 6.45) is 2.50. The van der Waals surface area contributed by atoms with E-state index in [0.29, 0.717) is 6.42 Å². The van der Waals surface area contributed by atoms with E-state index in [1.807, 2.05) is 18.2 Å². The van der Waals surface area contributed by atoms with Crippen LogP contribution in [-0.2, 0) is 0 Å². The lowest BCUT2D eigenvalue weighted by molar-refractivity contribution is 0.249. The van der Waals surface area contributed by atoms with Gasteiger partial charge in [0.05, 0.1) is 17.8 Å². The average Bonchev–Trinajstić information content (AvgIpc) is 3.09. The molecule has 0 unspecified atom stereocenters. The lowest BCUT2D eigenvalue weighted by Gasteiger charge is -2.26. The number of aliphatic hydroxyl groups is 1. The molecule has 1 aliphatic heterocycles. The van der Waals surface area contributed by atoms with Gasteiger partial charge in [-0.2, -0.15) is 0 Å². The van der Waals surface area contributed by atoms with Crippen molar-refractivity contribution in [3.63, 3.8) is 0 Å². The monoisotopic (exact) mass is 397 g/mol. The molecular weight excluding hydrogens is 382 g/mol. The van der Waals surface area contributed by atoms with Gasteiger partial charge in [-0.25, -0.2) is 0 Å². The summed E-state index contributed by atoms with van der Waals surface area (Å²) in [4.78, 5) is 7.87. The second kappa shape index (κ2) is 7.04. The minimum Gasteiger partial charge on any atom is -0.396 e. The Hall–Kier alpha value is -1.02. The summed E-state index contributed by atoms with van der Waals surface area (Å²) in [5, 5.41) is 15.3.